The molecule has 5 heteroatoms. The SMILES string of the molecule is CC(C)C(CN=C(N)N1CCSCC1)c1cccnc1. The van der Waals surface area contributed by atoms with E-state index in [1.54, 1.807) is 0 Å². The van der Waals surface area contributed by atoms with Crippen molar-refractivity contribution in [1.82, 2.24) is 9.88 Å². The zero-order valence-electron chi connectivity index (χ0n) is 12.3. The lowest BCUT2D eigenvalue weighted by Gasteiger charge is -2.28. The fourth-order valence-corrected chi connectivity index (χ4v) is 3.28. The van der Waals surface area contributed by atoms with Crippen molar-refractivity contribution in [3.05, 3.63) is 30.1 Å². The van der Waals surface area contributed by atoms with Gasteiger partial charge in [-0.25, -0.2) is 0 Å². The molecule has 1 saturated heterocycles. The van der Waals surface area contributed by atoms with Gasteiger partial charge in [-0.15, -0.1) is 0 Å². The molecule has 1 unspecified atom stereocenters. The molecule has 4 nitrogen and oxygen atoms in total. The molecule has 1 aliphatic heterocycles. The first kappa shape index (κ1) is 15.2. The van der Waals surface area contributed by atoms with Gasteiger partial charge in [0.1, 0.15) is 0 Å². The Morgan fingerprint density at radius 1 is 1.45 bits per heavy atom. The summed E-state index contributed by atoms with van der Waals surface area (Å²) in [6.07, 6.45) is 3.75. The van der Waals surface area contributed by atoms with Crippen LogP contribution in [-0.4, -0.2) is 47.0 Å². The van der Waals surface area contributed by atoms with E-state index >= 15 is 0 Å². The van der Waals surface area contributed by atoms with Gasteiger partial charge in [0.05, 0.1) is 0 Å². The quantitative estimate of drug-likeness (QED) is 0.683. The number of guanidine groups is 1. The highest BCUT2D eigenvalue weighted by molar-refractivity contribution is 7.99. The molecule has 1 fully saturated rings. The molecular formula is C15H24N4S. The molecule has 2 N–H and O–H groups in total. The Labute approximate surface area is 125 Å². The van der Waals surface area contributed by atoms with Gasteiger partial charge in [0.15, 0.2) is 5.96 Å². The van der Waals surface area contributed by atoms with E-state index in [4.69, 9.17) is 5.73 Å². The molecule has 1 aliphatic rings. The molecule has 20 heavy (non-hydrogen) atoms. The largest absolute Gasteiger partial charge is 0.370 e. The summed E-state index contributed by atoms with van der Waals surface area (Å²) < 4.78 is 0. The van der Waals surface area contributed by atoms with Gasteiger partial charge in [-0.2, -0.15) is 11.8 Å². The number of aromatic nitrogens is 1. The van der Waals surface area contributed by atoms with E-state index < -0.39 is 0 Å². The van der Waals surface area contributed by atoms with Gasteiger partial charge in [0, 0.05) is 49.5 Å². The first-order valence-corrected chi connectivity index (χ1v) is 8.36. The lowest BCUT2D eigenvalue weighted by atomic mass is 9.89. The molecule has 1 aromatic rings. The highest BCUT2D eigenvalue weighted by Gasteiger charge is 2.17. The molecule has 0 aromatic carbocycles. The van der Waals surface area contributed by atoms with Crippen LogP contribution >= 0.6 is 11.8 Å². The molecule has 0 radical (unpaired) electrons. The maximum Gasteiger partial charge on any atom is 0.191 e. The number of nitrogens with zero attached hydrogens (tertiary/aromatic N) is 3. The van der Waals surface area contributed by atoms with Crippen molar-refractivity contribution in [3.8, 4) is 0 Å². The van der Waals surface area contributed by atoms with Crippen molar-refractivity contribution in [2.24, 2.45) is 16.6 Å². The predicted molar refractivity (Wildman–Crippen MR) is 87.2 cm³/mol. The van der Waals surface area contributed by atoms with Crippen LogP contribution in [-0.2, 0) is 0 Å². The van der Waals surface area contributed by atoms with Crippen LogP contribution in [0.15, 0.2) is 29.5 Å². The second-order valence-corrected chi connectivity index (χ2v) is 6.66. The molecule has 0 aliphatic carbocycles. The van der Waals surface area contributed by atoms with E-state index in [1.807, 2.05) is 30.2 Å². The average molecular weight is 292 g/mol. The summed E-state index contributed by atoms with van der Waals surface area (Å²) in [4.78, 5) is 11.0. The number of thioether (sulfide) groups is 1. The predicted octanol–water partition coefficient (Wildman–Crippen LogP) is 2.18. The monoisotopic (exact) mass is 292 g/mol. The molecule has 2 heterocycles. The lowest BCUT2D eigenvalue weighted by molar-refractivity contribution is 0.449. The summed E-state index contributed by atoms with van der Waals surface area (Å²) in [6, 6.07) is 4.11. The van der Waals surface area contributed by atoms with E-state index in [-0.39, 0.29) is 0 Å². The third kappa shape index (κ3) is 4.13. The van der Waals surface area contributed by atoms with Gasteiger partial charge < -0.3 is 10.6 Å². The minimum absolute atomic E-state index is 0.376. The minimum atomic E-state index is 0.376. The molecule has 0 saturated carbocycles. The molecular weight excluding hydrogens is 268 g/mol. The van der Waals surface area contributed by atoms with Crippen LogP contribution in [0, 0.1) is 5.92 Å². The van der Waals surface area contributed by atoms with Crippen LogP contribution in [0.3, 0.4) is 0 Å². The van der Waals surface area contributed by atoms with Gasteiger partial charge >= 0.3 is 0 Å². The lowest BCUT2D eigenvalue weighted by Crippen LogP contribution is -2.42. The second-order valence-electron chi connectivity index (χ2n) is 5.44. The summed E-state index contributed by atoms with van der Waals surface area (Å²) in [6.45, 7) is 7.21. The first-order chi connectivity index (χ1) is 9.68. The third-order valence-electron chi connectivity index (χ3n) is 3.70. The fourth-order valence-electron chi connectivity index (χ4n) is 2.38. The van der Waals surface area contributed by atoms with E-state index in [2.05, 4.69) is 34.8 Å². The summed E-state index contributed by atoms with van der Waals surface area (Å²) in [5.74, 6) is 3.88. The third-order valence-corrected chi connectivity index (χ3v) is 4.64. The van der Waals surface area contributed by atoms with Gasteiger partial charge in [-0.3, -0.25) is 9.98 Å². The fraction of sp³-hybridized carbons (Fsp3) is 0.600. The van der Waals surface area contributed by atoms with Crippen molar-refractivity contribution in [2.45, 2.75) is 19.8 Å². The van der Waals surface area contributed by atoms with Crippen molar-refractivity contribution in [3.63, 3.8) is 0 Å². The molecule has 110 valence electrons. The van der Waals surface area contributed by atoms with Gasteiger partial charge in [0.25, 0.3) is 0 Å². The molecule has 1 atom stereocenters. The van der Waals surface area contributed by atoms with Crippen LogP contribution < -0.4 is 5.73 Å². The van der Waals surface area contributed by atoms with Crippen LogP contribution in [0.4, 0.5) is 0 Å². The summed E-state index contributed by atoms with van der Waals surface area (Å²) in [7, 11) is 0. The standard InChI is InChI=1S/C15H24N4S/c1-12(2)14(13-4-3-5-17-10-13)11-18-15(16)19-6-8-20-9-7-19/h3-5,10,12,14H,6-9,11H2,1-2H3,(H2,16,18). The smallest absolute Gasteiger partial charge is 0.191 e. The van der Waals surface area contributed by atoms with E-state index in [0.717, 1.165) is 31.1 Å². The van der Waals surface area contributed by atoms with Crippen molar-refractivity contribution >= 4 is 17.7 Å². The van der Waals surface area contributed by atoms with Crippen LogP contribution in [0.1, 0.15) is 25.3 Å². The van der Waals surface area contributed by atoms with E-state index in [9.17, 15) is 0 Å². The van der Waals surface area contributed by atoms with Crippen LogP contribution in [0.2, 0.25) is 0 Å². The normalized spacial score (nSPS) is 18.4. The average Bonchev–Trinajstić information content (AvgIpc) is 2.49. The molecule has 0 bridgehead atoms. The number of pyridine rings is 1. The highest BCUT2D eigenvalue weighted by atomic mass is 32.2. The Morgan fingerprint density at radius 3 is 2.80 bits per heavy atom. The Kier molecular flexibility index (Phi) is 5.71. The molecule has 1 aromatic heterocycles. The molecule has 0 amide bonds. The number of hydrogen-bond acceptors (Lipinski definition) is 3. The Bertz CT molecular complexity index is 427. The van der Waals surface area contributed by atoms with Gasteiger partial charge in [-0.05, 0) is 17.5 Å². The van der Waals surface area contributed by atoms with Crippen molar-refractivity contribution in [1.29, 1.82) is 0 Å². The Morgan fingerprint density at radius 2 is 2.20 bits per heavy atom. The second kappa shape index (κ2) is 7.53. The summed E-state index contributed by atoms with van der Waals surface area (Å²) in [5, 5.41) is 0. The van der Waals surface area contributed by atoms with E-state index in [1.165, 1.54) is 5.56 Å². The van der Waals surface area contributed by atoms with E-state index in [0.29, 0.717) is 17.8 Å². The number of hydrogen-bond donors (Lipinski definition) is 1. The summed E-state index contributed by atoms with van der Waals surface area (Å²) in [5.41, 5.74) is 7.37. The number of nitrogens with two attached hydrogens (primary N) is 1. The number of rotatable bonds is 4. The van der Waals surface area contributed by atoms with Crippen LogP contribution in [0.25, 0.3) is 0 Å². The summed E-state index contributed by atoms with van der Waals surface area (Å²) >= 11 is 1.98. The van der Waals surface area contributed by atoms with Crippen molar-refractivity contribution in [2.75, 3.05) is 31.1 Å². The Balaban J connectivity index is 2.01. The van der Waals surface area contributed by atoms with Gasteiger partial charge in [0.2, 0.25) is 0 Å². The zero-order valence-corrected chi connectivity index (χ0v) is 13.1. The zero-order chi connectivity index (χ0) is 14.4. The highest BCUT2D eigenvalue weighted by Crippen LogP contribution is 2.24. The Hall–Kier alpha value is -1.23. The van der Waals surface area contributed by atoms with Gasteiger partial charge in [-0.1, -0.05) is 19.9 Å². The maximum atomic E-state index is 6.13. The maximum absolute atomic E-state index is 6.13. The van der Waals surface area contributed by atoms with Crippen LogP contribution in [0.5, 0.6) is 0 Å². The molecule has 2 rings (SSSR count). The minimum Gasteiger partial charge on any atom is -0.370 e. The number of aliphatic imine (C=N–C) groups is 1. The first-order valence-electron chi connectivity index (χ1n) is 7.21. The molecule has 0 spiro atoms. The topological polar surface area (TPSA) is 54.5 Å². The van der Waals surface area contributed by atoms with Crippen molar-refractivity contribution < 1.29 is 0 Å².